The number of aliphatic hydroxyl groups excluding tert-OH is 1. The van der Waals surface area contributed by atoms with Crippen molar-refractivity contribution in [2.24, 2.45) is 0 Å². The first-order valence-corrected chi connectivity index (χ1v) is 5.94. The second-order valence-corrected chi connectivity index (χ2v) is 4.36. The van der Waals surface area contributed by atoms with Gasteiger partial charge in [-0.25, -0.2) is 0 Å². The van der Waals surface area contributed by atoms with E-state index in [2.05, 4.69) is 0 Å². The summed E-state index contributed by atoms with van der Waals surface area (Å²) in [4.78, 5) is 13.3. The van der Waals surface area contributed by atoms with Crippen LogP contribution in [0, 0.1) is 0 Å². The van der Waals surface area contributed by atoms with Gasteiger partial charge in [0.2, 0.25) is 0 Å². The molecule has 1 unspecified atom stereocenters. The molecule has 0 radical (unpaired) electrons. The summed E-state index contributed by atoms with van der Waals surface area (Å²) in [6.45, 7) is 2.25. The zero-order chi connectivity index (χ0) is 12.4. The van der Waals surface area contributed by atoms with Crippen LogP contribution < -0.4 is 0 Å². The fourth-order valence-corrected chi connectivity index (χ4v) is 2.29. The molecule has 0 aliphatic carbocycles. The average Bonchev–Trinajstić information content (AvgIpc) is 2.55. The van der Waals surface area contributed by atoms with Crippen LogP contribution in [0.3, 0.4) is 0 Å². The summed E-state index contributed by atoms with van der Waals surface area (Å²) in [6, 6.07) is 9.54. The van der Waals surface area contributed by atoms with E-state index in [-0.39, 0.29) is 10.9 Å². The Morgan fingerprint density at radius 3 is 2.53 bits per heavy atom. The highest BCUT2D eigenvalue weighted by Gasteiger charge is 2.35. The first-order valence-electron chi connectivity index (χ1n) is 5.56. The molecule has 0 saturated heterocycles. The van der Waals surface area contributed by atoms with E-state index in [1.54, 1.807) is 0 Å². The number of halogens is 1. The Morgan fingerprint density at radius 2 is 2.00 bits per heavy atom. The number of amides is 1. The highest BCUT2D eigenvalue weighted by Crippen LogP contribution is 2.30. The molecule has 1 atom stereocenters. The molecule has 4 heteroatoms. The molecular weight excluding hydrogens is 238 g/mol. The molecule has 1 aliphatic rings. The van der Waals surface area contributed by atoms with Crippen LogP contribution in [0.1, 0.15) is 18.9 Å². The summed E-state index contributed by atoms with van der Waals surface area (Å²) in [5.74, 6) is -0.292. The van der Waals surface area contributed by atoms with E-state index in [4.69, 9.17) is 11.6 Å². The van der Waals surface area contributed by atoms with Gasteiger partial charge < -0.3 is 10.0 Å². The van der Waals surface area contributed by atoms with Gasteiger partial charge in [-0.15, -0.1) is 0 Å². The Labute approximate surface area is 105 Å². The third-order valence-electron chi connectivity index (χ3n) is 2.91. The molecule has 0 saturated carbocycles. The minimum Gasteiger partial charge on any atom is -0.369 e. The summed E-state index contributed by atoms with van der Waals surface area (Å²) >= 11 is 5.91. The molecule has 1 amide bonds. The van der Waals surface area contributed by atoms with Crippen LogP contribution in [0.15, 0.2) is 40.9 Å². The third kappa shape index (κ3) is 2.21. The largest absolute Gasteiger partial charge is 0.369 e. The van der Waals surface area contributed by atoms with Crippen LogP contribution in [-0.4, -0.2) is 22.1 Å². The van der Waals surface area contributed by atoms with Gasteiger partial charge in [0.15, 0.2) is 6.23 Å². The molecule has 1 aromatic carbocycles. The first kappa shape index (κ1) is 12.1. The van der Waals surface area contributed by atoms with Gasteiger partial charge in [0, 0.05) is 12.1 Å². The summed E-state index contributed by atoms with van der Waals surface area (Å²) in [7, 11) is 0. The molecular formula is C13H14ClNO2. The second kappa shape index (κ2) is 4.90. The summed E-state index contributed by atoms with van der Waals surface area (Å²) < 4.78 is 0. The highest BCUT2D eigenvalue weighted by molar-refractivity contribution is 6.43. The number of hydrogen-bond acceptors (Lipinski definition) is 2. The molecule has 3 nitrogen and oxygen atoms in total. The van der Waals surface area contributed by atoms with Crippen molar-refractivity contribution in [3.05, 3.63) is 46.5 Å². The molecule has 1 aliphatic heterocycles. The molecule has 0 aromatic heterocycles. The molecule has 1 heterocycles. The molecule has 1 aromatic rings. The maximum atomic E-state index is 11.9. The lowest BCUT2D eigenvalue weighted by Crippen LogP contribution is -2.34. The van der Waals surface area contributed by atoms with Gasteiger partial charge in [-0.2, -0.15) is 0 Å². The van der Waals surface area contributed by atoms with Crippen molar-refractivity contribution in [3.63, 3.8) is 0 Å². The van der Waals surface area contributed by atoms with Crippen molar-refractivity contribution in [1.29, 1.82) is 0 Å². The normalized spacial score (nSPS) is 20.3. The van der Waals surface area contributed by atoms with Crippen molar-refractivity contribution in [2.45, 2.75) is 26.1 Å². The fraction of sp³-hybridized carbons (Fsp3) is 0.308. The maximum Gasteiger partial charge on any atom is 0.268 e. The Kier molecular flexibility index (Phi) is 3.50. The Balaban J connectivity index is 2.18. The molecule has 90 valence electrons. The van der Waals surface area contributed by atoms with Gasteiger partial charge >= 0.3 is 0 Å². The smallest absolute Gasteiger partial charge is 0.268 e. The maximum absolute atomic E-state index is 11.9. The van der Waals surface area contributed by atoms with Crippen LogP contribution in [-0.2, 0) is 11.3 Å². The minimum absolute atomic E-state index is 0.163. The van der Waals surface area contributed by atoms with E-state index in [9.17, 15) is 9.90 Å². The Bertz CT molecular complexity index is 456. The number of aliphatic hydroxyl groups is 1. The number of carbonyl (C=O) groups excluding carboxylic acids is 1. The summed E-state index contributed by atoms with van der Waals surface area (Å²) in [5, 5.41) is 10.2. The highest BCUT2D eigenvalue weighted by atomic mass is 35.5. The zero-order valence-electron chi connectivity index (χ0n) is 9.56. The van der Waals surface area contributed by atoms with Gasteiger partial charge in [-0.05, 0) is 12.0 Å². The van der Waals surface area contributed by atoms with Crippen LogP contribution in [0.5, 0.6) is 0 Å². The van der Waals surface area contributed by atoms with Gasteiger partial charge in [-0.3, -0.25) is 4.79 Å². The van der Waals surface area contributed by atoms with Crippen molar-refractivity contribution in [2.75, 3.05) is 0 Å². The van der Waals surface area contributed by atoms with Crippen LogP contribution >= 0.6 is 11.6 Å². The minimum atomic E-state index is -0.889. The number of rotatable bonds is 3. The monoisotopic (exact) mass is 251 g/mol. The molecule has 17 heavy (non-hydrogen) atoms. The molecule has 1 N–H and O–H groups in total. The molecule has 0 fully saturated rings. The number of hydrogen-bond donors (Lipinski definition) is 1. The second-order valence-electron chi connectivity index (χ2n) is 3.99. The fourth-order valence-electron chi connectivity index (χ4n) is 1.95. The van der Waals surface area contributed by atoms with Crippen LogP contribution in [0.2, 0.25) is 0 Å². The van der Waals surface area contributed by atoms with Gasteiger partial charge in [0.1, 0.15) is 5.03 Å². The van der Waals surface area contributed by atoms with Gasteiger partial charge in [0.05, 0.1) is 0 Å². The lowest BCUT2D eigenvalue weighted by molar-refractivity contribution is -0.132. The standard InChI is InChI=1S/C13H14ClNO2/c1-2-10-11(14)13(17)15(12(10)16)8-9-6-4-3-5-7-9/h3-7,12,16H,2,8H2,1H3. The first-order chi connectivity index (χ1) is 8.15. The van der Waals surface area contributed by atoms with E-state index < -0.39 is 6.23 Å². The van der Waals surface area contributed by atoms with E-state index >= 15 is 0 Å². The number of carbonyl (C=O) groups is 1. The van der Waals surface area contributed by atoms with Gasteiger partial charge in [-0.1, -0.05) is 48.9 Å². The van der Waals surface area contributed by atoms with Gasteiger partial charge in [0.25, 0.3) is 5.91 Å². The number of benzene rings is 1. The lowest BCUT2D eigenvalue weighted by Gasteiger charge is -2.22. The molecule has 0 bridgehead atoms. The lowest BCUT2D eigenvalue weighted by atomic mass is 10.2. The third-order valence-corrected chi connectivity index (χ3v) is 3.32. The number of nitrogens with zero attached hydrogens (tertiary/aromatic N) is 1. The Morgan fingerprint density at radius 1 is 1.35 bits per heavy atom. The summed E-state index contributed by atoms with van der Waals surface area (Å²) in [6.07, 6.45) is -0.308. The zero-order valence-corrected chi connectivity index (χ0v) is 10.3. The van der Waals surface area contributed by atoms with Crippen molar-refractivity contribution < 1.29 is 9.90 Å². The SMILES string of the molecule is CCC1=C(Cl)C(=O)N(Cc2ccccc2)C1O. The van der Waals surface area contributed by atoms with E-state index in [1.165, 1.54) is 4.90 Å². The van der Waals surface area contributed by atoms with E-state index in [0.29, 0.717) is 18.5 Å². The van der Waals surface area contributed by atoms with E-state index in [0.717, 1.165) is 5.56 Å². The van der Waals surface area contributed by atoms with Crippen molar-refractivity contribution in [1.82, 2.24) is 4.90 Å². The molecule has 0 spiro atoms. The van der Waals surface area contributed by atoms with Crippen LogP contribution in [0.4, 0.5) is 0 Å². The predicted molar refractivity (Wildman–Crippen MR) is 66.2 cm³/mol. The Hall–Kier alpha value is -1.32. The van der Waals surface area contributed by atoms with Crippen molar-refractivity contribution >= 4 is 17.5 Å². The summed E-state index contributed by atoms with van der Waals surface area (Å²) in [5.41, 5.74) is 1.58. The predicted octanol–water partition coefficient (Wildman–Crippen LogP) is 2.25. The molecule has 2 rings (SSSR count). The quantitative estimate of drug-likeness (QED) is 0.895. The van der Waals surface area contributed by atoms with E-state index in [1.807, 2.05) is 37.3 Å². The van der Waals surface area contributed by atoms with Crippen LogP contribution in [0.25, 0.3) is 0 Å². The van der Waals surface area contributed by atoms with Crippen molar-refractivity contribution in [3.8, 4) is 0 Å². The topological polar surface area (TPSA) is 40.5 Å². The average molecular weight is 252 g/mol.